The quantitative estimate of drug-likeness (QED) is 0.523. The number of esters is 1. The first kappa shape index (κ1) is 13.6. The van der Waals surface area contributed by atoms with Gasteiger partial charge in [0.15, 0.2) is 5.57 Å². The second-order valence-corrected chi connectivity index (χ2v) is 3.92. The maximum absolute atomic E-state index is 11.5. The smallest absolute Gasteiger partial charge is 0.350 e. The third-order valence-electron chi connectivity index (χ3n) is 2.64. The first-order valence-corrected chi connectivity index (χ1v) is 6.14. The highest BCUT2D eigenvalue weighted by Crippen LogP contribution is 2.20. The van der Waals surface area contributed by atoms with Crippen molar-refractivity contribution < 1.29 is 9.53 Å². The molecule has 100 valence electrons. The molecule has 2 aromatic rings. The summed E-state index contributed by atoms with van der Waals surface area (Å²) >= 11 is 0. The molecule has 5 nitrogen and oxygen atoms in total. The van der Waals surface area contributed by atoms with E-state index in [2.05, 4.69) is 10.3 Å². The Morgan fingerprint density at radius 1 is 1.45 bits per heavy atom. The molecule has 0 saturated carbocycles. The van der Waals surface area contributed by atoms with Gasteiger partial charge in [-0.15, -0.1) is 0 Å². The van der Waals surface area contributed by atoms with E-state index in [9.17, 15) is 4.79 Å². The molecule has 0 spiro atoms. The number of hydrogen-bond acceptors (Lipinski definition) is 5. The largest absolute Gasteiger partial charge is 0.462 e. The summed E-state index contributed by atoms with van der Waals surface area (Å²) in [7, 11) is 0. The third-order valence-corrected chi connectivity index (χ3v) is 2.64. The lowest BCUT2D eigenvalue weighted by molar-refractivity contribution is -0.138. The van der Waals surface area contributed by atoms with Crippen molar-refractivity contribution in [2.24, 2.45) is 0 Å². The van der Waals surface area contributed by atoms with Gasteiger partial charge in [0.25, 0.3) is 0 Å². The van der Waals surface area contributed by atoms with Gasteiger partial charge in [0.05, 0.1) is 6.61 Å². The van der Waals surface area contributed by atoms with Crippen LogP contribution in [0.4, 0.5) is 5.82 Å². The van der Waals surface area contributed by atoms with Crippen LogP contribution < -0.4 is 5.32 Å². The fourth-order valence-corrected chi connectivity index (χ4v) is 1.72. The van der Waals surface area contributed by atoms with Crippen molar-refractivity contribution >= 4 is 22.6 Å². The fraction of sp³-hybridized carbons (Fsp3) is 0.133. The summed E-state index contributed by atoms with van der Waals surface area (Å²) in [5, 5.41) is 13.7. The van der Waals surface area contributed by atoms with Gasteiger partial charge < -0.3 is 10.1 Å². The molecule has 0 radical (unpaired) electrons. The van der Waals surface area contributed by atoms with Gasteiger partial charge in [-0.1, -0.05) is 24.3 Å². The summed E-state index contributed by atoms with van der Waals surface area (Å²) in [5.74, 6) is -0.0668. The van der Waals surface area contributed by atoms with Gasteiger partial charge in [0.2, 0.25) is 0 Å². The summed E-state index contributed by atoms with van der Waals surface area (Å²) in [6.07, 6.45) is 2.97. The number of nitriles is 1. The van der Waals surface area contributed by atoms with Crippen molar-refractivity contribution in [2.45, 2.75) is 6.92 Å². The maximum atomic E-state index is 11.5. The van der Waals surface area contributed by atoms with Crippen LogP contribution in [0.25, 0.3) is 10.8 Å². The number of benzene rings is 1. The Bertz CT molecular complexity index is 696. The molecule has 0 aliphatic heterocycles. The van der Waals surface area contributed by atoms with E-state index in [-0.39, 0.29) is 12.2 Å². The van der Waals surface area contributed by atoms with Gasteiger partial charge in [-0.3, -0.25) is 0 Å². The minimum Gasteiger partial charge on any atom is -0.462 e. The van der Waals surface area contributed by atoms with Gasteiger partial charge in [-0.25, -0.2) is 9.78 Å². The Morgan fingerprint density at radius 3 is 3.00 bits per heavy atom. The van der Waals surface area contributed by atoms with Crippen molar-refractivity contribution in [3.05, 3.63) is 48.3 Å². The number of carbonyl (C=O) groups is 1. The average molecular weight is 267 g/mol. The number of ether oxygens (including phenoxy) is 1. The second kappa shape index (κ2) is 6.34. The highest BCUT2D eigenvalue weighted by molar-refractivity contribution is 5.95. The van der Waals surface area contributed by atoms with Crippen molar-refractivity contribution in [3.8, 4) is 6.07 Å². The number of carbonyl (C=O) groups excluding carboxylic acids is 1. The number of nitrogens with one attached hydrogen (secondary N) is 1. The van der Waals surface area contributed by atoms with Crippen LogP contribution in [0.5, 0.6) is 0 Å². The highest BCUT2D eigenvalue weighted by Gasteiger charge is 2.09. The second-order valence-electron chi connectivity index (χ2n) is 3.92. The number of pyridine rings is 1. The van der Waals surface area contributed by atoms with E-state index < -0.39 is 5.97 Å². The number of rotatable bonds is 4. The summed E-state index contributed by atoms with van der Waals surface area (Å²) in [6.45, 7) is 1.91. The molecule has 1 aromatic carbocycles. The van der Waals surface area contributed by atoms with Gasteiger partial charge in [-0.05, 0) is 18.4 Å². The Morgan fingerprint density at radius 2 is 2.25 bits per heavy atom. The van der Waals surface area contributed by atoms with Crippen molar-refractivity contribution in [3.63, 3.8) is 0 Å². The van der Waals surface area contributed by atoms with Crippen molar-refractivity contribution in [1.29, 1.82) is 5.26 Å². The predicted octanol–water partition coefficient (Wildman–Crippen LogP) is 2.62. The first-order chi connectivity index (χ1) is 9.76. The lowest BCUT2D eigenvalue weighted by atomic mass is 10.1. The normalized spacial score (nSPS) is 10.9. The van der Waals surface area contributed by atoms with E-state index >= 15 is 0 Å². The number of aromatic nitrogens is 1. The van der Waals surface area contributed by atoms with E-state index in [0.29, 0.717) is 5.82 Å². The van der Waals surface area contributed by atoms with Crippen molar-refractivity contribution in [1.82, 2.24) is 4.98 Å². The Balaban J connectivity index is 2.28. The number of hydrogen-bond donors (Lipinski definition) is 1. The molecule has 1 heterocycles. The molecule has 0 aliphatic rings. The van der Waals surface area contributed by atoms with Gasteiger partial charge in [0.1, 0.15) is 11.9 Å². The van der Waals surface area contributed by atoms with Crippen LogP contribution in [-0.4, -0.2) is 17.6 Å². The molecule has 1 N–H and O–H groups in total. The monoisotopic (exact) mass is 267 g/mol. The van der Waals surface area contributed by atoms with E-state index in [1.54, 1.807) is 19.2 Å². The topological polar surface area (TPSA) is 75.0 Å². The Labute approximate surface area is 116 Å². The highest BCUT2D eigenvalue weighted by atomic mass is 16.5. The molecule has 1 aromatic heterocycles. The first-order valence-electron chi connectivity index (χ1n) is 6.14. The lowest BCUT2D eigenvalue weighted by Crippen LogP contribution is -2.08. The summed E-state index contributed by atoms with van der Waals surface area (Å²) in [6, 6.07) is 11.4. The van der Waals surface area contributed by atoms with Crippen LogP contribution in [-0.2, 0) is 9.53 Å². The molecule has 0 unspecified atom stereocenters. The summed E-state index contributed by atoms with van der Waals surface area (Å²) in [5.41, 5.74) is -0.0958. The summed E-state index contributed by atoms with van der Waals surface area (Å²) in [4.78, 5) is 15.7. The van der Waals surface area contributed by atoms with E-state index in [4.69, 9.17) is 10.00 Å². The molecule has 0 aliphatic carbocycles. The van der Waals surface area contributed by atoms with Crippen LogP contribution in [0.1, 0.15) is 6.92 Å². The molecule has 0 saturated heterocycles. The molecule has 5 heteroatoms. The number of anilines is 1. The molecule has 0 amide bonds. The minimum absolute atomic E-state index is 0.0958. The van der Waals surface area contributed by atoms with Crippen LogP contribution in [0.3, 0.4) is 0 Å². The molecule has 0 fully saturated rings. The van der Waals surface area contributed by atoms with Gasteiger partial charge in [0, 0.05) is 17.8 Å². The van der Waals surface area contributed by atoms with Gasteiger partial charge >= 0.3 is 5.97 Å². The fourth-order valence-electron chi connectivity index (χ4n) is 1.72. The average Bonchev–Trinajstić information content (AvgIpc) is 2.48. The zero-order valence-electron chi connectivity index (χ0n) is 11.0. The van der Waals surface area contributed by atoms with Crippen LogP contribution in [0, 0.1) is 11.3 Å². The zero-order valence-corrected chi connectivity index (χ0v) is 11.0. The zero-order chi connectivity index (χ0) is 14.4. The third kappa shape index (κ3) is 2.93. The standard InChI is InChI=1S/C15H13N3O2/c1-2-20-15(19)12(9-16)10-18-14-13-6-4-3-5-11(13)7-8-17-14/h3-8,10H,2H2,1H3,(H,17,18). The van der Waals surface area contributed by atoms with E-state index in [1.807, 2.05) is 30.3 Å². The molecule has 20 heavy (non-hydrogen) atoms. The maximum Gasteiger partial charge on any atom is 0.350 e. The molecule has 0 bridgehead atoms. The Kier molecular flexibility index (Phi) is 4.30. The molecule has 2 rings (SSSR count). The SMILES string of the molecule is CCOC(=O)C(C#N)=CNc1nccc2ccccc12. The van der Waals surface area contributed by atoms with Crippen LogP contribution in [0.15, 0.2) is 48.3 Å². The van der Waals surface area contributed by atoms with E-state index in [1.165, 1.54) is 6.20 Å². The minimum atomic E-state index is -0.650. The predicted molar refractivity (Wildman–Crippen MR) is 75.7 cm³/mol. The molecular weight excluding hydrogens is 254 g/mol. The van der Waals surface area contributed by atoms with Crippen LogP contribution in [0.2, 0.25) is 0 Å². The molecule has 0 atom stereocenters. The van der Waals surface area contributed by atoms with Crippen molar-refractivity contribution in [2.75, 3.05) is 11.9 Å². The summed E-state index contributed by atoms with van der Waals surface area (Å²) < 4.78 is 4.78. The number of nitrogens with zero attached hydrogens (tertiary/aromatic N) is 2. The Hall–Kier alpha value is -2.87. The molecular formula is C15H13N3O2. The van der Waals surface area contributed by atoms with Gasteiger partial charge in [-0.2, -0.15) is 5.26 Å². The number of fused-ring (bicyclic) bond motifs is 1. The van der Waals surface area contributed by atoms with Crippen LogP contribution >= 0.6 is 0 Å². The lowest BCUT2D eigenvalue weighted by Gasteiger charge is -2.05. The van der Waals surface area contributed by atoms with E-state index in [0.717, 1.165) is 10.8 Å².